The fourth-order valence-corrected chi connectivity index (χ4v) is 5.28. The molecule has 0 radical (unpaired) electrons. The maximum atomic E-state index is 12.4. The molecular weight excluding hydrogens is 354 g/mol. The second-order valence-electron chi connectivity index (χ2n) is 6.81. The van der Waals surface area contributed by atoms with E-state index in [9.17, 15) is 14.4 Å². The zero-order valence-electron chi connectivity index (χ0n) is 14.4. The van der Waals surface area contributed by atoms with E-state index in [1.807, 2.05) is 42.5 Å². The lowest BCUT2D eigenvalue weighted by molar-refractivity contribution is -0.179. The summed E-state index contributed by atoms with van der Waals surface area (Å²) in [6.07, 6.45) is 5.89. The molecule has 1 saturated carbocycles. The van der Waals surface area contributed by atoms with Crippen LogP contribution in [0.15, 0.2) is 47.4 Å². The number of ether oxygens (including phenoxy) is 1. The van der Waals surface area contributed by atoms with Gasteiger partial charge in [-0.1, -0.05) is 35.4 Å². The van der Waals surface area contributed by atoms with Gasteiger partial charge in [0.15, 0.2) is 4.90 Å². The molecule has 136 valence electrons. The van der Waals surface area contributed by atoms with Crippen molar-refractivity contribution < 1.29 is 24.0 Å². The summed E-state index contributed by atoms with van der Waals surface area (Å²) in [5.74, 6) is -0.797. The van der Waals surface area contributed by atoms with Gasteiger partial charge in [-0.3, -0.25) is 14.4 Å². The molecule has 1 aromatic rings. The average molecular weight is 374 g/mol. The van der Waals surface area contributed by atoms with Crippen LogP contribution in [-0.2, 0) is 30.1 Å². The lowest BCUT2D eigenvalue weighted by Gasteiger charge is -2.15. The SMILES string of the molecule is C[S+](CCOC(=O)ON1C(=O)C2C3C=CC(C3)C2C1=O)c1ccccc1. The van der Waals surface area contributed by atoms with Crippen molar-refractivity contribution >= 4 is 28.9 Å². The number of imide groups is 1. The van der Waals surface area contributed by atoms with Gasteiger partial charge in [0.2, 0.25) is 0 Å². The Hall–Kier alpha value is -2.28. The van der Waals surface area contributed by atoms with Crippen molar-refractivity contribution in [3.8, 4) is 0 Å². The molecule has 0 N–H and O–H groups in total. The van der Waals surface area contributed by atoms with Crippen LogP contribution in [0.4, 0.5) is 4.79 Å². The highest BCUT2D eigenvalue weighted by atomic mass is 32.2. The van der Waals surface area contributed by atoms with E-state index in [1.54, 1.807) is 0 Å². The van der Waals surface area contributed by atoms with Gasteiger partial charge < -0.3 is 4.74 Å². The quantitative estimate of drug-likeness (QED) is 0.342. The van der Waals surface area contributed by atoms with Crippen molar-refractivity contribution in [2.75, 3.05) is 18.6 Å². The number of amides is 2. The molecule has 4 rings (SSSR count). The van der Waals surface area contributed by atoms with Crippen LogP contribution in [0.2, 0.25) is 0 Å². The number of nitrogens with zero attached hydrogens (tertiary/aromatic N) is 1. The number of hydroxylamine groups is 2. The standard InChI is InChI=1S/C19H20NO5S/c1-26(14-5-3-2-4-6-14)10-9-24-19(23)25-20-17(21)15-12-7-8-13(11-12)16(15)18(20)22/h2-8,12-13,15-16H,9-11H2,1H3/q+1. The molecule has 2 bridgehead atoms. The van der Waals surface area contributed by atoms with Crippen molar-refractivity contribution in [3.05, 3.63) is 42.5 Å². The molecule has 1 heterocycles. The molecule has 5 atom stereocenters. The van der Waals surface area contributed by atoms with Gasteiger partial charge in [-0.25, -0.2) is 4.79 Å². The number of benzene rings is 1. The van der Waals surface area contributed by atoms with E-state index in [4.69, 9.17) is 9.57 Å². The Morgan fingerprint density at radius 1 is 1.12 bits per heavy atom. The molecule has 2 fully saturated rings. The van der Waals surface area contributed by atoms with Gasteiger partial charge in [-0.05, 0) is 30.4 Å². The van der Waals surface area contributed by atoms with Gasteiger partial charge >= 0.3 is 6.16 Å². The van der Waals surface area contributed by atoms with E-state index in [0.717, 1.165) is 6.42 Å². The third-order valence-electron chi connectivity index (χ3n) is 5.35. The van der Waals surface area contributed by atoms with Crippen LogP contribution in [-0.4, -0.2) is 41.6 Å². The van der Waals surface area contributed by atoms with E-state index in [2.05, 4.69) is 6.26 Å². The fraction of sp³-hybridized carbons (Fsp3) is 0.421. The Morgan fingerprint density at radius 2 is 1.73 bits per heavy atom. The van der Waals surface area contributed by atoms with Gasteiger partial charge in [0.25, 0.3) is 11.8 Å². The Bertz CT molecular complexity index is 734. The van der Waals surface area contributed by atoms with Crippen LogP contribution in [0, 0.1) is 23.7 Å². The van der Waals surface area contributed by atoms with Crippen molar-refractivity contribution in [2.24, 2.45) is 23.7 Å². The summed E-state index contributed by atoms with van der Waals surface area (Å²) < 4.78 is 5.07. The molecule has 0 spiro atoms. The van der Waals surface area contributed by atoms with Crippen LogP contribution >= 0.6 is 0 Å². The molecule has 2 aliphatic carbocycles. The summed E-state index contributed by atoms with van der Waals surface area (Å²) in [5.41, 5.74) is 0. The molecule has 1 aromatic carbocycles. The molecule has 0 aromatic heterocycles. The van der Waals surface area contributed by atoms with Crippen molar-refractivity contribution in [2.45, 2.75) is 11.3 Å². The third-order valence-corrected chi connectivity index (χ3v) is 7.21. The first kappa shape index (κ1) is 17.1. The van der Waals surface area contributed by atoms with Crippen LogP contribution in [0.5, 0.6) is 0 Å². The van der Waals surface area contributed by atoms with Crippen LogP contribution in [0.1, 0.15) is 6.42 Å². The number of carbonyl (C=O) groups excluding carboxylic acids is 3. The number of allylic oxidation sites excluding steroid dienone is 2. The summed E-state index contributed by atoms with van der Waals surface area (Å²) in [6.45, 7) is 0.170. The highest BCUT2D eigenvalue weighted by molar-refractivity contribution is 7.96. The molecule has 5 unspecified atom stereocenters. The van der Waals surface area contributed by atoms with Crippen molar-refractivity contribution in [1.29, 1.82) is 0 Å². The Morgan fingerprint density at radius 3 is 2.35 bits per heavy atom. The first-order valence-electron chi connectivity index (χ1n) is 8.64. The van der Waals surface area contributed by atoms with Gasteiger partial charge in [-0.2, -0.15) is 0 Å². The van der Waals surface area contributed by atoms with Gasteiger partial charge in [0.05, 0.1) is 11.8 Å². The van der Waals surface area contributed by atoms with Gasteiger partial charge in [0, 0.05) is 10.9 Å². The third kappa shape index (κ3) is 2.90. The minimum Gasteiger partial charge on any atom is -0.428 e. The van der Waals surface area contributed by atoms with E-state index in [-0.39, 0.29) is 41.2 Å². The first-order valence-corrected chi connectivity index (χ1v) is 10.4. The van der Waals surface area contributed by atoms with Crippen LogP contribution in [0.3, 0.4) is 0 Å². The molecule has 1 aliphatic heterocycles. The maximum Gasteiger partial charge on any atom is 0.534 e. The van der Waals surface area contributed by atoms with Crippen LogP contribution < -0.4 is 0 Å². The van der Waals surface area contributed by atoms with Crippen molar-refractivity contribution in [3.63, 3.8) is 0 Å². The molecule has 7 heteroatoms. The van der Waals surface area contributed by atoms with E-state index in [1.165, 1.54) is 4.90 Å². The zero-order valence-corrected chi connectivity index (χ0v) is 15.2. The molecule has 26 heavy (non-hydrogen) atoms. The lowest BCUT2D eigenvalue weighted by Crippen LogP contribution is -2.35. The predicted molar refractivity (Wildman–Crippen MR) is 94.9 cm³/mol. The Kier molecular flexibility index (Phi) is 4.48. The lowest BCUT2D eigenvalue weighted by atomic mass is 9.85. The Labute approximate surface area is 154 Å². The van der Waals surface area contributed by atoms with Gasteiger partial charge in [0.1, 0.15) is 18.6 Å². The highest BCUT2D eigenvalue weighted by Crippen LogP contribution is 2.52. The number of fused-ring (bicyclic) bond motifs is 5. The summed E-state index contributed by atoms with van der Waals surface area (Å²) in [4.78, 5) is 42.9. The second kappa shape index (κ2) is 6.79. The predicted octanol–water partition coefficient (Wildman–Crippen LogP) is 2.17. The summed E-state index contributed by atoms with van der Waals surface area (Å²) >= 11 is 0. The summed E-state index contributed by atoms with van der Waals surface area (Å²) in [7, 11) is -0.0613. The number of hydrogen-bond donors (Lipinski definition) is 0. The van der Waals surface area contributed by atoms with E-state index >= 15 is 0 Å². The topological polar surface area (TPSA) is 72.9 Å². The largest absolute Gasteiger partial charge is 0.534 e. The summed E-state index contributed by atoms with van der Waals surface area (Å²) in [5, 5.41) is 0.618. The van der Waals surface area contributed by atoms with Crippen molar-refractivity contribution in [1.82, 2.24) is 5.06 Å². The fourth-order valence-electron chi connectivity index (χ4n) is 4.09. The van der Waals surface area contributed by atoms with E-state index in [0.29, 0.717) is 10.8 Å². The minimum atomic E-state index is -1.00. The molecule has 3 aliphatic rings. The minimum absolute atomic E-state index is 0.0613. The zero-order chi connectivity index (χ0) is 18.3. The molecular formula is C19H20NO5S+. The maximum absolute atomic E-state index is 12.4. The molecule has 1 saturated heterocycles. The Balaban J connectivity index is 1.28. The number of hydrogen-bond acceptors (Lipinski definition) is 5. The highest BCUT2D eigenvalue weighted by Gasteiger charge is 2.61. The second-order valence-corrected chi connectivity index (χ2v) is 8.97. The molecule has 2 amide bonds. The average Bonchev–Trinajstić information content (AvgIpc) is 3.32. The smallest absolute Gasteiger partial charge is 0.428 e. The normalized spacial score (nSPS) is 29.8. The first-order chi connectivity index (χ1) is 12.6. The van der Waals surface area contributed by atoms with Crippen LogP contribution in [0.25, 0.3) is 0 Å². The van der Waals surface area contributed by atoms with E-state index < -0.39 is 18.0 Å². The number of carbonyl (C=O) groups is 3. The van der Waals surface area contributed by atoms with Gasteiger partial charge in [-0.15, -0.1) is 0 Å². The molecule has 6 nitrogen and oxygen atoms in total. The summed E-state index contributed by atoms with van der Waals surface area (Å²) in [6, 6.07) is 9.96. The number of rotatable bonds is 5. The monoisotopic (exact) mass is 374 g/mol.